The van der Waals surface area contributed by atoms with Gasteiger partial charge >= 0.3 is 0 Å². The molecule has 0 spiro atoms. The fourth-order valence-corrected chi connectivity index (χ4v) is 5.02. The highest BCUT2D eigenvalue weighted by Crippen LogP contribution is 2.45. The van der Waals surface area contributed by atoms with Crippen LogP contribution in [0.5, 0.6) is 0 Å². The normalized spacial score (nSPS) is 26.8. The van der Waals surface area contributed by atoms with E-state index in [0.29, 0.717) is 11.2 Å². The van der Waals surface area contributed by atoms with Crippen LogP contribution in [0.15, 0.2) is 41.3 Å². The molecule has 3 unspecified atom stereocenters. The van der Waals surface area contributed by atoms with Crippen LogP contribution in [-0.2, 0) is 0 Å². The monoisotopic (exact) mass is 424 g/mol. The average Bonchev–Trinajstić information content (AvgIpc) is 3.06. The Morgan fingerprint density at radius 2 is 2.00 bits per heavy atom. The Bertz CT molecular complexity index is 869. The average molecular weight is 425 g/mol. The first-order valence-corrected chi connectivity index (χ1v) is 11.9. The Balaban J connectivity index is 1.48. The van der Waals surface area contributed by atoms with Gasteiger partial charge in [-0.25, -0.2) is 4.98 Å². The number of nitrogens with zero attached hydrogens (tertiary/aromatic N) is 3. The number of quaternary nitrogens is 1. The van der Waals surface area contributed by atoms with E-state index < -0.39 is 0 Å². The summed E-state index contributed by atoms with van der Waals surface area (Å²) in [5.74, 6) is 2.37. The summed E-state index contributed by atoms with van der Waals surface area (Å²) in [6, 6.07) is 0. The van der Waals surface area contributed by atoms with Gasteiger partial charge in [0.15, 0.2) is 18.2 Å². The Morgan fingerprint density at radius 3 is 2.74 bits per heavy atom. The first-order valence-electron chi connectivity index (χ1n) is 11.9. The molecule has 2 aliphatic rings. The van der Waals surface area contributed by atoms with E-state index in [0.717, 1.165) is 43.5 Å². The lowest BCUT2D eigenvalue weighted by Gasteiger charge is -2.40. The summed E-state index contributed by atoms with van der Waals surface area (Å²) in [4.78, 5) is 12.1. The number of nitrogens with one attached hydrogen (secondary N) is 1. The van der Waals surface area contributed by atoms with E-state index in [1.807, 2.05) is 0 Å². The topological polar surface area (TPSA) is 59.5 Å². The number of aromatic nitrogens is 2. The van der Waals surface area contributed by atoms with Crippen LogP contribution in [0.4, 0.5) is 17.3 Å². The Labute approximate surface area is 189 Å². The third-order valence-corrected chi connectivity index (χ3v) is 7.77. The van der Waals surface area contributed by atoms with E-state index in [1.165, 1.54) is 41.7 Å². The predicted octanol–water partition coefficient (Wildman–Crippen LogP) is 4.82. The smallest absolute Gasteiger partial charge is 0.256 e. The zero-order valence-corrected chi connectivity index (χ0v) is 20.5. The number of rotatable bonds is 8. The summed E-state index contributed by atoms with van der Waals surface area (Å²) < 4.78 is 0. The summed E-state index contributed by atoms with van der Waals surface area (Å²) in [5.41, 5.74) is 12.0. The van der Waals surface area contributed by atoms with Crippen molar-refractivity contribution in [3.63, 3.8) is 0 Å². The molecule has 0 amide bonds. The first kappa shape index (κ1) is 23.5. The molecule has 1 aliphatic carbocycles. The van der Waals surface area contributed by atoms with Crippen LogP contribution >= 0.6 is 0 Å². The molecule has 1 aromatic rings. The second-order valence-corrected chi connectivity index (χ2v) is 10.0. The van der Waals surface area contributed by atoms with Crippen LogP contribution < -0.4 is 15.5 Å². The van der Waals surface area contributed by atoms with Crippen molar-refractivity contribution in [2.75, 3.05) is 30.9 Å². The molecular weight excluding hydrogens is 382 g/mol. The number of allylic oxidation sites excluding steroid dienone is 5. The minimum Gasteiger partial charge on any atom is -0.382 e. The molecule has 0 fully saturated rings. The Morgan fingerprint density at radius 1 is 1.26 bits per heavy atom. The van der Waals surface area contributed by atoms with Crippen LogP contribution in [0.2, 0.25) is 0 Å². The van der Waals surface area contributed by atoms with E-state index in [1.54, 1.807) is 11.9 Å². The zero-order chi connectivity index (χ0) is 22.6. The van der Waals surface area contributed by atoms with Crippen LogP contribution in [0.3, 0.4) is 0 Å². The first-order chi connectivity index (χ1) is 14.7. The van der Waals surface area contributed by atoms with Crippen molar-refractivity contribution in [3.05, 3.63) is 41.3 Å². The molecule has 0 bridgehead atoms. The van der Waals surface area contributed by atoms with Crippen molar-refractivity contribution in [3.8, 4) is 0 Å². The number of anilines is 2. The molecule has 0 radical (unpaired) electrons. The van der Waals surface area contributed by atoms with Gasteiger partial charge in [-0.05, 0) is 70.6 Å². The van der Waals surface area contributed by atoms with Gasteiger partial charge in [-0.1, -0.05) is 48.8 Å². The fourth-order valence-electron chi connectivity index (χ4n) is 5.02. The van der Waals surface area contributed by atoms with Crippen molar-refractivity contribution in [1.82, 2.24) is 9.97 Å². The molecule has 5 nitrogen and oxygen atoms in total. The second-order valence-electron chi connectivity index (χ2n) is 10.0. The van der Waals surface area contributed by atoms with Gasteiger partial charge in [0.1, 0.15) is 6.33 Å². The third kappa shape index (κ3) is 5.38. The molecule has 0 aromatic carbocycles. The molecular formula is C26H42N5+. The van der Waals surface area contributed by atoms with Crippen molar-refractivity contribution >= 4 is 17.3 Å². The molecule has 3 rings (SSSR count). The largest absolute Gasteiger partial charge is 0.382 e. The van der Waals surface area contributed by atoms with Crippen LogP contribution in [0.25, 0.3) is 0 Å². The molecule has 170 valence electrons. The van der Waals surface area contributed by atoms with Crippen LogP contribution in [0, 0.1) is 11.3 Å². The van der Waals surface area contributed by atoms with E-state index in [-0.39, 0.29) is 0 Å². The van der Waals surface area contributed by atoms with Crippen LogP contribution in [-0.4, -0.2) is 30.2 Å². The van der Waals surface area contributed by atoms with Gasteiger partial charge < -0.3 is 10.6 Å². The standard InChI is InChI=1S/C26H41N5/c1-19(13-15-26(5)21(3)11-8-12-22(26)4)9-7-10-20(2)14-16-31-18-30(6)25-23(31)24(27)28-17-29-25/h9,11,14,17,22H,7-8,10,12-13,15-16,18H2,1-6H3,(H2,27,28,29)/p+1. The number of nitrogens with two attached hydrogens (primary N) is 1. The maximum absolute atomic E-state index is 6.12. The molecule has 1 aliphatic heterocycles. The lowest BCUT2D eigenvalue weighted by atomic mass is 9.65. The quantitative estimate of drug-likeness (QED) is 0.588. The highest BCUT2D eigenvalue weighted by molar-refractivity contribution is 5.73. The molecule has 0 saturated carbocycles. The van der Waals surface area contributed by atoms with Crippen molar-refractivity contribution in [2.45, 2.75) is 73.1 Å². The number of nitrogen functional groups attached to an aromatic ring is 1. The van der Waals surface area contributed by atoms with E-state index in [2.05, 4.69) is 74.8 Å². The summed E-state index contributed by atoms with van der Waals surface area (Å²) in [5, 5.41) is 0. The SMILES string of the molecule is CC(=CCN1C[NH+](C)c2ncnc(N)c21)CCC=C(C)CCC1(C)C(C)=CCCC1C. The highest BCUT2D eigenvalue weighted by atomic mass is 15.4. The maximum atomic E-state index is 6.12. The minimum atomic E-state index is 0.371. The predicted molar refractivity (Wildman–Crippen MR) is 131 cm³/mol. The van der Waals surface area contributed by atoms with Crippen LogP contribution in [0.1, 0.15) is 73.1 Å². The van der Waals surface area contributed by atoms with Gasteiger partial charge in [-0.15, -0.1) is 0 Å². The summed E-state index contributed by atoms with van der Waals surface area (Å²) in [6.45, 7) is 13.5. The summed E-state index contributed by atoms with van der Waals surface area (Å²) >= 11 is 0. The highest BCUT2D eigenvalue weighted by Gasteiger charge is 2.34. The molecule has 5 heteroatoms. The molecule has 3 N–H and O–H groups in total. The number of fused-ring (bicyclic) bond motifs is 1. The van der Waals surface area contributed by atoms with Gasteiger partial charge in [0.05, 0.1) is 7.05 Å². The number of hydrogen-bond acceptors (Lipinski definition) is 4. The molecule has 1 aromatic heterocycles. The van der Waals surface area contributed by atoms with E-state index >= 15 is 0 Å². The molecule has 2 heterocycles. The summed E-state index contributed by atoms with van der Waals surface area (Å²) in [7, 11) is 2.13. The Hall–Kier alpha value is -2.14. The second kappa shape index (κ2) is 9.99. The van der Waals surface area contributed by atoms with Gasteiger partial charge in [-0.2, -0.15) is 4.98 Å². The van der Waals surface area contributed by atoms with Crippen molar-refractivity contribution < 1.29 is 4.90 Å². The zero-order valence-electron chi connectivity index (χ0n) is 20.5. The fraction of sp³-hybridized carbons (Fsp3) is 0.615. The third-order valence-electron chi connectivity index (χ3n) is 7.77. The lowest BCUT2D eigenvalue weighted by molar-refractivity contribution is -0.805. The molecule has 0 saturated heterocycles. The van der Waals surface area contributed by atoms with Gasteiger partial charge in [0.2, 0.25) is 0 Å². The summed E-state index contributed by atoms with van der Waals surface area (Å²) in [6.07, 6.45) is 16.1. The lowest BCUT2D eigenvalue weighted by Crippen LogP contribution is -3.03. The molecule has 3 atom stereocenters. The van der Waals surface area contributed by atoms with Crippen molar-refractivity contribution in [1.29, 1.82) is 0 Å². The number of hydrogen-bond donors (Lipinski definition) is 2. The van der Waals surface area contributed by atoms with Crippen molar-refractivity contribution in [2.24, 2.45) is 11.3 Å². The molecule has 31 heavy (non-hydrogen) atoms. The Kier molecular flexibility index (Phi) is 7.58. The van der Waals surface area contributed by atoms with Gasteiger partial charge in [0, 0.05) is 6.54 Å². The minimum absolute atomic E-state index is 0.371. The van der Waals surface area contributed by atoms with Gasteiger partial charge in [-0.3, -0.25) is 4.90 Å². The van der Waals surface area contributed by atoms with E-state index in [9.17, 15) is 0 Å². The van der Waals surface area contributed by atoms with E-state index in [4.69, 9.17) is 5.73 Å². The van der Waals surface area contributed by atoms with Gasteiger partial charge in [0.25, 0.3) is 5.82 Å². The maximum Gasteiger partial charge on any atom is 0.256 e.